The van der Waals surface area contributed by atoms with Crippen molar-refractivity contribution in [2.75, 3.05) is 12.8 Å². The fourth-order valence-corrected chi connectivity index (χ4v) is 2.04. The van der Waals surface area contributed by atoms with Crippen LogP contribution in [-0.2, 0) is 4.74 Å². The minimum Gasteiger partial charge on any atom is -0.465 e. The zero-order valence-electron chi connectivity index (χ0n) is 9.98. The highest BCUT2D eigenvalue weighted by Gasteiger charge is 2.17. The van der Waals surface area contributed by atoms with E-state index in [-0.39, 0.29) is 17.1 Å². The third-order valence-corrected chi connectivity index (χ3v) is 2.96. The maximum Gasteiger partial charge on any atom is 0.340 e. The van der Waals surface area contributed by atoms with Gasteiger partial charge in [0.2, 0.25) is 0 Å². The molecule has 4 nitrogen and oxygen atoms in total. The summed E-state index contributed by atoms with van der Waals surface area (Å²) in [7, 11) is 1.27. The van der Waals surface area contributed by atoms with Crippen LogP contribution in [0.3, 0.4) is 0 Å². The van der Waals surface area contributed by atoms with Crippen molar-refractivity contribution in [1.29, 1.82) is 0 Å². The normalized spacial score (nSPS) is 10.3. The van der Waals surface area contributed by atoms with Crippen LogP contribution in [0.25, 0.3) is 11.3 Å². The maximum absolute atomic E-state index is 12.9. The molecule has 2 aromatic rings. The summed E-state index contributed by atoms with van der Waals surface area (Å²) in [4.78, 5) is 15.8. The van der Waals surface area contributed by atoms with Crippen LogP contribution in [0.2, 0.25) is 0 Å². The van der Waals surface area contributed by atoms with Crippen LogP contribution >= 0.6 is 15.9 Å². The number of carbonyl (C=O) groups is 1. The molecule has 2 N–H and O–H groups in total. The second kappa shape index (κ2) is 5.36. The van der Waals surface area contributed by atoms with Gasteiger partial charge in [-0.15, -0.1) is 0 Å². The van der Waals surface area contributed by atoms with Crippen LogP contribution in [0.1, 0.15) is 10.4 Å². The van der Waals surface area contributed by atoms with Gasteiger partial charge in [-0.2, -0.15) is 0 Å². The summed E-state index contributed by atoms with van der Waals surface area (Å²) in [6.07, 6.45) is 0. The highest BCUT2D eigenvalue weighted by molar-refractivity contribution is 9.10. The number of esters is 1. The average Bonchev–Trinajstić information content (AvgIpc) is 2.41. The lowest BCUT2D eigenvalue weighted by atomic mass is 10.1. The molecule has 6 heteroatoms. The van der Waals surface area contributed by atoms with Crippen LogP contribution in [0.4, 0.5) is 10.1 Å². The van der Waals surface area contributed by atoms with E-state index in [9.17, 15) is 9.18 Å². The number of methoxy groups -OCH3 is 1. The summed E-state index contributed by atoms with van der Waals surface area (Å²) >= 11 is 3.21. The zero-order valence-corrected chi connectivity index (χ0v) is 11.6. The number of nitrogens with zero attached hydrogens (tertiary/aromatic N) is 1. The van der Waals surface area contributed by atoms with Crippen molar-refractivity contribution in [3.63, 3.8) is 0 Å². The van der Waals surface area contributed by atoms with Gasteiger partial charge in [-0.3, -0.25) is 0 Å². The molecule has 0 saturated carbocycles. The van der Waals surface area contributed by atoms with E-state index < -0.39 is 5.97 Å². The van der Waals surface area contributed by atoms with E-state index in [0.29, 0.717) is 15.9 Å². The lowest BCUT2D eigenvalue weighted by molar-refractivity contribution is 0.0602. The average molecular weight is 325 g/mol. The predicted octanol–water partition coefficient (Wildman–Crippen LogP) is 3.02. The molecule has 0 unspecified atom stereocenters. The quantitative estimate of drug-likeness (QED) is 0.681. The second-order valence-corrected chi connectivity index (χ2v) is 4.57. The van der Waals surface area contributed by atoms with Crippen LogP contribution in [0, 0.1) is 5.82 Å². The van der Waals surface area contributed by atoms with Crippen LogP contribution in [-0.4, -0.2) is 18.1 Å². The van der Waals surface area contributed by atoms with Crippen molar-refractivity contribution in [3.8, 4) is 11.3 Å². The van der Waals surface area contributed by atoms with Gasteiger partial charge in [0.15, 0.2) is 0 Å². The number of anilines is 1. The maximum atomic E-state index is 12.9. The molecule has 0 bridgehead atoms. The topological polar surface area (TPSA) is 65.2 Å². The van der Waals surface area contributed by atoms with E-state index in [2.05, 4.69) is 25.7 Å². The number of hydrogen-bond donors (Lipinski definition) is 1. The number of aromatic nitrogens is 1. The molecule has 1 aromatic heterocycles. The number of pyridine rings is 1. The monoisotopic (exact) mass is 324 g/mol. The van der Waals surface area contributed by atoms with E-state index in [4.69, 9.17) is 5.73 Å². The Morgan fingerprint density at radius 3 is 2.58 bits per heavy atom. The molecule has 0 fully saturated rings. The third kappa shape index (κ3) is 2.73. The Balaban J connectivity index is 2.60. The molecule has 1 heterocycles. The number of rotatable bonds is 2. The molecule has 0 aliphatic rings. The summed E-state index contributed by atoms with van der Waals surface area (Å²) in [5.74, 6) is -0.908. The number of nitrogens with two attached hydrogens (primary N) is 1. The lowest BCUT2D eigenvalue weighted by Crippen LogP contribution is -2.08. The summed E-state index contributed by atoms with van der Waals surface area (Å²) in [5.41, 5.74) is 7.34. The molecule has 2 rings (SSSR count). The predicted molar refractivity (Wildman–Crippen MR) is 73.1 cm³/mol. The molecule has 0 amide bonds. The van der Waals surface area contributed by atoms with Crippen LogP contribution in [0.5, 0.6) is 0 Å². The Labute approximate surface area is 117 Å². The van der Waals surface area contributed by atoms with Crippen molar-refractivity contribution < 1.29 is 13.9 Å². The van der Waals surface area contributed by atoms with Gasteiger partial charge in [0.25, 0.3) is 0 Å². The Bertz CT molecular complexity index is 629. The van der Waals surface area contributed by atoms with Crippen molar-refractivity contribution in [2.24, 2.45) is 0 Å². The first-order chi connectivity index (χ1) is 9.02. The van der Waals surface area contributed by atoms with E-state index in [0.717, 1.165) is 0 Å². The number of benzene rings is 1. The zero-order chi connectivity index (χ0) is 14.0. The molecule has 98 valence electrons. The van der Waals surface area contributed by atoms with Gasteiger partial charge in [0, 0.05) is 5.56 Å². The van der Waals surface area contributed by atoms with E-state index in [1.807, 2.05) is 0 Å². The Morgan fingerprint density at radius 1 is 1.37 bits per heavy atom. The molecule has 0 spiro atoms. The first-order valence-corrected chi connectivity index (χ1v) is 6.12. The minimum absolute atomic E-state index is 0.196. The molecule has 0 atom stereocenters. The van der Waals surface area contributed by atoms with Gasteiger partial charge in [-0.25, -0.2) is 14.2 Å². The smallest absolute Gasteiger partial charge is 0.340 e. The Hall–Kier alpha value is -1.95. The van der Waals surface area contributed by atoms with Crippen LogP contribution < -0.4 is 5.73 Å². The number of carbonyl (C=O) groups excluding carboxylic acids is 1. The van der Waals surface area contributed by atoms with Gasteiger partial charge < -0.3 is 10.5 Å². The first kappa shape index (κ1) is 13.5. The number of hydrogen-bond acceptors (Lipinski definition) is 4. The van der Waals surface area contributed by atoms with Crippen LogP contribution in [0.15, 0.2) is 34.9 Å². The van der Waals surface area contributed by atoms with Crippen molar-refractivity contribution in [2.45, 2.75) is 0 Å². The van der Waals surface area contributed by atoms with Crippen molar-refractivity contribution >= 4 is 27.6 Å². The lowest BCUT2D eigenvalue weighted by Gasteiger charge is -2.10. The fourth-order valence-electron chi connectivity index (χ4n) is 1.63. The summed E-state index contributed by atoms with van der Waals surface area (Å²) in [6, 6.07) is 7.17. The van der Waals surface area contributed by atoms with E-state index in [1.54, 1.807) is 12.1 Å². The van der Waals surface area contributed by atoms with E-state index >= 15 is 0 Å². The molecule has 0 radical (unpaired) electrons. The largest absolute Gasteiger partial charge is 0.465 e. The molecule has 19 heavy (non-hydrogen) atoms. The van der Waals surface area contributed by atoms with Gasteiger partial charge in [-0.05, 0) is 46.3 Å². The number of nitrogen functional groups attached to an aromatic ring is 1. The van der Waals surface area contributed by atoms with E-state index in [1.165, 1.54) is 25.3 Å². The van der Waals surface area contributed by atoms with Gasteiger partial charge in [-0.1, -0.05) is 0 Å². The Kier molecular flexibility index (Phi) is 3.80. The minimum atomic E-state index is -0.552. The second-order valence-electron chi connectivity index (χ2n) is 3.75. The molecular formula is C13H10BrFN2O2. The third-order valence-electron chi connectivity index (χ3n) is 2.55. The summed E-state index contributed by atoms with van der Waals surface area (Å²) in [6.45, 7) is 0. The molecule has 0 aliphatic carbocycles. The number of halogens is 2. The summed E-state index contributed by atoms with van der Waals surface area (Å²) < 4.78 is 18.0. The number of ether oxygens (including phenoxy) is 1. The van der Waals surface area contributed by atoms with Crippen molar-refractivity contribution in [1.82, 2.24) is 4.98 Å². The standard InChI is InChI=1S/C13H10BrFN2O2/c1-19-13(18)9-6-10(14)17-12(11(9)16)7-2-4-8(15)5-3-7/h2-6H,16H2,1H3. The molecular weight excluding hydrogens is 315 g/mol. The highest BCUT2D eigenvalue weighted by atomic mass is 79.9. The molecule has 0 aliphatic heterocycles. The summed E-state index contributed by atoms with van der Waals surface area (Å²) in [5, 5.41) is 0. The highest BCUT2D eigenvalue weighted by Crippen LogP contribution is 2.29. The van der Waals surface area contributed by atoms with Gasteiger partial charge >= 0.3 is 5.97 Å². The first-order valence-electron chi connectivity index (χ1n) is 5.33. The Morgan fingerprint density at radius 2 is 2.00 bits per heavy atom. The molecule has 0 saturated heterocycles. The fraction of sp³-hybridized carbons (Fsp3) is 0.0769. The van der Waals surface area contributed by atoms with Crippen molar-refractivity contribution in [3.05, 3.63) is 46.3 Å². The van der Waals surface area contributed by atoms with Gasteiger partial charge in [0.1, 0.15) is 10.4 Å². The SMILES string of the molecule is COC(=O)c1cc(Br)nc(-c2ccc(F)cc2)c1N. The molecule has 1 aromatic carbocycles. The van der Waals surface area contributed by atoms with Gasteiger partial charge in [0.05, 0.1) is 24.1 Å².